The molecular weight excluding hydrogens is 430 g/mol. The van der Waals surface area contributed by atoms with Gasteiger partial charge in [-0.1, -0.05) is 42.0 Å². The Morgan fingerprint density at radius 2 is 1.47 bits per heavy atom. The van der Waals surface area contributed by atoms with Gasteiger partial charge in [-0.15, -0.1) is 0 Å². The summed E-state index contributed by atoms with van der Waals surface area (Å²) >= 11 is 0. The number of anilines is 1. The van der Waals surface area contributed by atoms with Crippen LogP contribution in [0.2, 0.25) is 0 Å². The highest BCUT2D eigenvalue weighted by atomic mass is 16.5. The Morgan fingerprint density at radius 3 is 2.15 bits per heavy atom. The highest BCUT2D eigenvalue weighted by Gasteiger charge is 2.20. The van der Waals surface area contributed by atoms with Gasteiger partial charge in [-0.3, -0.25) is 14.4 Å². The molecule has 3 aromatic carbocycles. The number of ether oxygens (including phenoxy) is 2. The van der Waals surface area contributed by atoms with Crippen LogP contribution in [-0.2, 0) is 14.3 Å². The van der Waals surface area contributed by atoms with Crippen molar-refractivity contribution in [1.82, 2.24) is 0 Å². The predicted octanol–water partition coefficient (Wildman–Crippen LogP) is 5.94. The summed E-state index contributed by atoms with van der Waals surface area (Å²) in [6, 6.07) is 20.1. The summed E-state index contributed by atoms with van der Waals surface area (Å²) in [5, 5.41) is 2.75. The number of Topliss-reactive ketones (excluding diaryl/α,β-unsaturated/α-hetero) is 1. The molecule has 1 atom stereocenters. The van der Waals surface area contributed by atoms with Crippen LogP contribution in [0.4, 0.5) is 5.69 Å². The maximum atomic E-state index is 12.4. The minimum absolute atomic E-state index is 0.0506. The summed E-state index contributed by atoms with van der Waals surface area (Å²) in [5.41, 5.74) is 4.25. The fraction of sp³-hybridized carbons (Fsp3) is 0.250. The average Bonchev–Trinajstić information content (AvgIpc) is 2.81. The van der Waals surface area contributed by atoms with Crippen molar-refractivity contribution in [3.63, 3.8) is 0 Å². The third-order valence-electron chi connectivity index (χ3n) is 5.28. The fourth-order valence-corrected chi connectivity index (χ4v) is 3.25. The summed E-state index contributed by atoms with van der Waals surface area (Å²) in [5.74, 6) is 0.243. The van der Waals surface area contributed by atoms with Crippen LogP contribution in [0.25, 0.3) is 0 Å². The number of amides is 1. The zero-order valence-electron chi connectivity index (χ0n) is 19.9. The zero-order valence-corrected chi connectivity index (χ0v) is 19.9. The fourth-order valence-electron chi connectivity index (χ4n) is 3.25. The largest absolute Gasteiger partial charge is 0.457 e. The second-order valence-corrected chi connectivity index (χ2v) is 8.31. The highest BCUT2D eigenvalue weighted by Crippen LogP contribution is 2.27. The Hall–Kier alpha value is -3.93. The van der Waals surface area contributed by atoms with Crippen LogP contribution < -0.4 is 10.1 Å². The van der Waals surface area contributed by atoms with Gasteiger partial charge in [0.2, 0.25) is 11.7 Å². The van der Waals surface area contributed by atoms with E-state index in [1.807, 2.05) is 51.1 Å². The first-order valence-electron chi connectivity index (χ1n) is 11.2. The molecule has 1 unspecified atom stereocenters. The van der Waals surface area contributed by atoms with E-state index in [2.05, 4.69) is 5.32 Å². The Balaban J connectivity index is 1.45. The molecule has 6 nitrogen and oxygen atoms in total. The molecule has 34 heavy (non-hydrogen) atoms. The van der Waals surface area contributed by atoms with E-state index >= 15 is 0 Å². The van der Waals surface area contributed by atoms with Gasteiger partial charge in [-0.25, -0.2) is 0 Å². The molecule has 0 fully saturated rings. The molecule has 0 saturated heterocycles. The van der Waals surface area contributed by atoms with E-state index in [1.54, 1.807) is 36.4 Å². The van der Waals surface area contributed by atoms with E-state index in [0.29, 0.717) is 17.0 Å². The molecule has 6 heteroatoms. The minimum atomic E-state index is -0.914. The molecule has 3 rings (SSSR count). The lowest BCUT2D eigenvalue weighted by Crippen LogP contribution is -2.25. The van der Waals surface area contributed by atoms with Gasteiger partial charge in [0.15, 0.2) is 6.10 Å². The molecule has 0 radical (unpaired) electrons. The van der Waals surface area contributed by atoms with Crippen LogP contribution in [0, 0.1) is 20.8 Å². The first-order chi connectivity index (χ1) is 16.2. The summed E-state index contributed by atoms with van der Waals surface area (Å²) in [4.78, 5) is 36.7. The van der Waals surface area contributed by atoms with Crippen molar-refractivity contribution in [1.29, 1.82) is 0 Å². The van der Waals surface area contributed by atoms with E-state index in [4.69, 9.17) is 9.47 Å². The third-order valence-corrected chi connectivity index (χ3v) is 5.28. The number of nitrogens with one attached hydrogen (secondary N) is 1. The van der Waals surface area contributed by atoms with Crippen molar-refractivity contribution in [2.24, 2.45) is 0 Å². The smallest absolute Gasteiger partial charge is 0.307 e. The number of benzene rings is 3. The van der Waals surface area contributed by atoms with E-state index in [1.165, 1.54) is 6.92 Å². The standard InChI is InChI=1S/C28H29NO5/c1-18-6-9-22(10-7-18)28(32)21(4)33-27(31)16-15-26(30)29-23-11-13-24(14-12-23)34-25-17-19(2)5-8-20(25)3/h5-14,17,21H,15-16H2,1-4H3,(H,29,30). The van der Waals surface area contributed by atoms with Gasteiger partial charge in [-0.05, 0) is 69.2 Å². The van der Waals surface area contributed by atoms with Crippen LogP contribution in [0.5, 0.6) is 11.5 Å². The summed E-state index contributed by atoms with van der Waals surface area (Å²) in [6.07, 6.45) is -1.08. The molecule has 0 spiro atoms. The van der Waals surface area contributed by atoms with Gasteiger partial charge in [0, 0.05) is 17.7 Å². The van der Waals surface area contributed by atoms with E-state index in [-0.39, 0.29) is 24.5 Å². The average molecular weight is 460 g/mol. The molecule has 0 bridgehead atoms. The normalized spacial score (nSPS) is 11.4. The number of rotatable bonds is 9. The first-order valence-corrected chi connectivity index (χ1v) is 11.2. The van der Waals surface area contributed by atoms with E-state index in [0.717, 1.165) is 22.4 Å². The molecule has 176 valence electrons. The lowest BCUT2D eigenvalue weighted by Gasteiger charge is -2.13. The number of hydrogen-bond donors (Lipinski definition) is 1. The summed E-state index contributed by atoms with van der Waals surface area (Å²) < 4.78 is 11.1. The topological polar surface area (TPSA) is 81.7 Å². The van der Waals surface area contributed by atoms with Gasteiger partial charge >= 0.3 is 5.97 Å². The molecule has 0 aliphatic heterocycles. The molecule has 1 N–H and O–H groups in total. The second-order valence-electron chi connectivity index (χ2n) is 8.31. The SMILES string of the molecule is Cc1ccc(C(=O)C(C)OC(=O)CCC(=O)Nc2ccc(Oc3cc(C)ccc3C)cc2)cc1. The number of carbonyl (C=O) groups excluding carboxylic acids is 3. The summed E-state index contributed by atoms with van der Waals surface area (Å²) in [7, 11) is 0. The zero-order chi connectivity index (χ0) is 24.7. The van der Waals surface area contributed by atoms with Crippen LogP contribution in [0.15, 0.2) is 66.7 Å². The lowest BCUT2D eigenvalue weighted by molar-refractivity contribution is -0.147. The number of carbonyl (C=O) groups is 3. The van der Waals surface area contributed by atoms with Crippen LogP contribution in [-0.4, -0.2) is 23.8 Å². The van der Waals surface area contributed by atoms with Gasteiger partial charge < -0.3 is 14.8 Å². The molecule has 0 aliphatic carbocycles. The Bertz CT molecular complexity index is 1170. The van der Waals surface area contributed by atoms with E-state index < -0.39 is 12.1 Å². The van der Waals surface area contributed by atoms with Gasteiger partial charge in [0.25, 0.3) is 0 Å². The van der Waals surface area contributed by atoms with Gasteiger partial charge in [0.1, 0.15) is 11.5 Å². The monoisotopic (exact) mass is 459 g/mol. The molecule has 0 aromatic heterocycles. The van der Waals surface area contributed by atoms with Crippen LogP contribution in [0.3, 0.4) is 0 Å². The number of ketones is 1. The van der Waals surface area contributed by atoms with Crippen LogP contribution >= 0.6 is 0 Å². The Labute approximate surface area is 199 Å². The number of esters is 1. The minimum Gasteiger partial charge on any atom is -0.457 e. The molecular formula is C28H29NO5. The van der Waals surface area contributed by atoms with E-state index in [9.17, 15) is 14.4 Å². The second kappa shape index (κ2) is 11.3. The number of hydrogen-bond acceptors (Lipinski definition) is 5. The maximum absolute atomic E-state index is 12.4. The lowest BCUT2D eigenvalue weighted by atomic mass is 10.1. The Kier molecular flexibility index (Phi) is 8.19. The molecule has 3 aromatic rings. The molecule has 0 heterocycles. The van der Waals surface area contributed by atoms with Gasteiger partial charge in [0.05, 0.1) is 6.42 Å². The highest BCUT2D eigenvalue weighted by molar-refractivity contribution is 6.00. The van der Waals surface area contributed by atoms with Crippen molar-refractivity contribution in [3.05, 3.63) is 89.0 Å². The quantitative estimate of drug-likeness (QED) is 0.316. The first kappa shape index (κ1) is 24.7. The van der Waals surface area contributed by atoms with Crippen molar-refractivity contribution >= 4 is 23.3 Å². The summed E-state index contributed by atoms with van der Waals surface area (Å²) in [6.45, 7) is 7.44. The van der Waals surface area contributed by atoms with Gasteiger partial charge in [-0.2, -0.15) is 0 Å². The third kappa shape index (κ3) is 7.04. The number of aryl methyl sites for hydroxylation is 3. The predicted molar refractivity (Wildman–Crippen MR) is 131 cm³/mol. The molecule has 0 aliphatic rings. The Morgan fingerprint density at radius 1 is 0.824 bits per heavy atom. The molecule has 1 amide bonds. The van der Waals surface area contributed by atoms with Crippen molar-refractivity contribution in [2.45, 2.75) is 46.6 Å². The van der Waals surface area contributed by atoms with Crippen LogP contribution in [0.1, 0.15) is 46.8 Å². The maximum Gasteiger partial charge on any atom is 0.307 e. The van der Waals surface area contributed by atoms with Crippen molar-refractivity contribution in [3.8, 4) is 11.5 Å². The molecule has 0 saturated carbocycles. The van der Waals surface area contributed by atoms with Crippen molar-refractivity contribution < 1.29 is 23.9 Å². The van der Waals surface area contributed by atoms with Crippen molar-refractivity contribution in [2.75, 3.05) is 5.32 Å².